The molecule has 1 heterocycles. The lowest BCUT2D eigenvalue weighted by Crippen LogP contribution is -2.26. The smallest absolute Gasteiger partial charge is 0.224 e. The number of aromatic nitrogens is 2. The predicted octanol–water partition coefficient (Wildman–Crippen LogP) is 8.40. The SMILES string of the molecule is Clc1cc(Cl)c(SOSc2c(Cl)cc(Cl)cc2Cl)c(Cl)c1.O=C(Cc1cncnc1)NCCS. The molecule has 0 aliphatic rings. The second-order valence-electron chi connectivity index (χ2n) is 6.13. The van der Waals surface area contributed by atoms with Crippen molar-refractivity contribution in [2.45, 2.75) is 16.2 Å². The molecule has 0 fully saturated rings. The number of nitrogens with one attached hydrogen (secondary N) is 1. The Morgan fingerprint density at radius 1 is 0.853 bits per heavy atom. The third-order valence-electron chi connectivity index (χ3n) is 3.57. The Bertz CT molecular complexity index is 1010. The number of carbonyl (C=O) groups excluding carboxylic acids is 1. The topological polar surface area (TPSA) is 64.1 Å². The third kappa shape index (κ3) is 10.4. The molecular formula is C20H15Cl6N3O2S3. The van der Waals surface area contributed by atoms with Crippen LogP contribution in [0.4, 0.5) is 0 Å². The Labute approximate surface area is 241 Å². The molecule has 0 spiro atoms. The average molecular weight is 638 g/mol. The van der Waals surface area contributed by atoms with Gasteiger partial charge in [0.2, 0.25) is 5.91 Å². The molecule has 182 valence electrons. The van der Waals surface area contributed by atoms with Crippen molar-refractivity contribution in [1.29, 1.82) is 0 Å². The zero-order chi connectivity index (χ0) is 25.1. The normalized spacial score (nSPS) is 10.4. The first-order valence-corrected chi connectivity index (χ1v) is 13.5. The van der Waals surface area contributed by atoms with Crippen molar-refractivity contribution >= 4 is 112 Å². The van der Waals surface area contributed by atoms with Gasteiger partial charge < -0.3 is 5.32 Å². The summed E-state index contributed by atoms with van der Waals surface area (Å²) in [5.41, 5.74) is 0.819. The molecule has 1 N–H and O–H groups in total. The maximum atomic E-state index is 11.2. The first kappa shape index (κ1) is 30.0. The molecule has 0 saturated carbocycles. The highest BCUT2D eigenvalue weighted by Crippen LogP contribution is 2.43. The number of rotatable bonds is 8. The summed E-state index contributed by atoms with van der Waals surface area (Å²) in [6, 6.07) is 6.31. The van der Waals surface area contributed by atoms with Crippen LogP contribution >= 0.6 is 106 Å². The highest BCUT2D eigenvalue weighted by Gasteiger charge is 2.13. The van der Waals surface area contributed by atoms with E-state index in [9.17, 15) is 4.79 Å². The van der Waals surface area contributed by atoms with Crippen molar-refractivity contribution < 1.29 is 8.42 Å². The number of hydrogen-bond acceptors (Lipinski definition) is 7. The lowest BCUT2D eigenvalue weighted by molar-refractivity contribution is -0.120. The van der Waals surface area contributed by atoms with Gasteiger partial charge in [0.05, 0.1) is 36.3 Å². The number of benzene rings is 2. The fourth-order valence-electron chi connectivity index (χ4n) is 2.17. The van der Waals surface area contributed by atoms with Crippen LogP contribution in [-0.2, 0) is 14.8 Å². The van der Waals surface area contributed by atoms with E-state index in [1.807, 2.05) is 0 Å². The van der Waals surface area contributed by atoms with Crippen LogP contribution in [-0.4, -0.2) is 28.2 Å². The highest BCUT2D eigenvalue weighted by molar-refractivity contribution is 8.08. The van der Waals surface area contributed by atoms with Gasteiger partial charge in [-0.05, 0) is 29.8 Å². The van der Waals surface area contributed by atoms with Gasteiger partial charge in [0.25, 0.3) is 0 Å². The molecule has 3 aromatic rings. The number of halogens is 6. The van der Waals surface area contributed by atoms with Gasteiger partial charge in [-0.25, -0.2) is 13.6 Å². The van der Waals surface area contributed by atoms with E-state index < -0.39 is 0 Å². The van der Waals surface area contributed by atoms with E-state index in [2.05, 4.69) is 27.9 Å². The average Bonchev–Trinajstić information content (AvgIpc) is 2.76. The molecule has 0 aliphatic carbocycles. The molecular weight excluding hydrogens is 623 g/mol. The zero-order valence-corrected chi connectivity index (χ0v) is 24.0. The van der Waals surface area contributed by atoms with Crippen LogP contribution in [0.3, 0.4) is 0 Å². The molecule has 0 unspecified atom stereocenters. The van der Waals surface area contributed by atoms with Crippen molar-refractivity contribution in [1.82, 2.24) is 15.3 Å². The van der Waals surface area contributed by atoms with Crippen molar-refractivity contribution in [2.75, 3.05) is 12.3 Å². The van der Waals surface area contributed by atoms with Gasteiger partial charge in [0, 0.05) is 58.8 Å². The lowest BCUT2D eigenvalue weighted by Gasteiger charge is -2.08. The summed E-state index contributed by atoms with van der Waals surface area (Å²) in [5, 5.41) is 5.19. The minimum Gasteiger partial charge on any atom is -0.355 e. The Morgan fingerprint density at radius 2 is 1.29 bits per heavy atom. The lowest BCUT2D eigenvalue weighted by atomic mass is 10.2. The standard InChI is InChI=1S/C12H4Cl6OS2.C8H11N3OS/c13-5-1-7(15)11(8(16)2-5)20-19-21-12-9(17)3-6(14)4-10(12)18;12-8(11-1-2-13)3-7-4-9-6-10-5-7/h1-4H;4-6,13H,1-3H2,(H,11,12). The van der Waals surface area contributed by atoms with Gasteiger partial charge in [0.1, 0.15) is 6.33 Å². The van der Waals surface area contributed by atoms with E-state index in [4.69, 9.17) is 73.2 Å². The van der Waals surface area contributed by atoms with Crippen LogP contribution in [0, 0.1) is 0 Å². The Balaban J connectivity index is 0.000000270. The van der Waals surface area contributed by atoms with Crippen LogP contribution < -0.4 is 5.32 Å². The second kappa shape index (κ2) is 15.8. The first-order chi connectivity index (χ1) is 16.2. The molecule has 0 aliphatic heterocycles. The molecule has 0 bridgehead atoms. The monoisotopic (exact) mass is 635 g/mol. The van der Waals surface area contributed by atoms with Gasteiger partial charge in [-0.15, -0.1) is 0 Å². The van der Waals surface area contributed by atoms with Crippen LogP contribution in [0.2, 0.25) is 30.1 Å². The molecule has 3 rings (SSSR count). The van der Waals surface area contributed by atoms with E-state index in [1.165, 1.54) is 6.33 Å². The molecule has 1 amide bonds. The Morgan fingerprint density at radius 3 is 1.71 bits per heavy atom. The summed E-state index contributed by atoms with van der Waals surface area (Å²) in [6.45, 7) is 0.593. The van der Waals surface area contributed by atoms with Crippen LogP contribution in [0.1, 0.15) is 5.56 Å². The van der Waals surface area contributed by atoms with Gasteiger partial charge >= 0.3 is 0 Å². The highest BCUT2D eigenvalue weighted by atomic mass is 35.5. The second-order valence-corrected chi connectivity index (χ2v) is 10.8. The largest absolute Gasteiger partial charge is 0.355 e. The molecule has 14 heteroatoms. The van der Waals surface area contributed by atoms with Crippen molar-refractivity contribution in [3.05, 3.63) is 78.7 Å². The first-order valence-electron chi connectivity index (χ1n) is 9.13. The Kier molecular flexibility index (Phi) is 13.9. The van der Waals surface area contributed by atoms with E-state index in [0.717, 1.165) is 29.6 Å². The number of thiol groups is 1. The fraction of sp³-hybridized carbons (Fsp3) is 0.150. The van der Waals surface area contributed by atoms with Crippen molar-refractivity contribution in [2.24, 2.45) is 0 Å². The summed E-state index contributed by atoms with van der Waals surface area (Å²) in [4.78, 5) is 19.9. The minimum atomic E-state index is -0.0242. The van der Waals surface area contributed by atoms with Crippen LogP contribution in [0.25, 0.3) is 0 Å². The van der Waals surface area contributed by atoms with Crippen molar-refractivity contribution in [3.63, 3.8) is 0 Å². The van der Waals surface area contributed by atoms with Crippen molar-refractivity contribution in [3.8, 4) is 0 Å². The van der Waals surface area contributed by atoms with Crippen LogP contribution in [0.15, 0.2) is 52.8 Å². The summed E-state index contributed by atoms with van der Waals surface area (Å²) >= 11 is 41.8. The fourth-order valence-corrected chi connectivity index (χ4v) is 5.52. The summed E-state index contributed by atoms with van der Waals surface area (Å²) in [6.07, 6.45) is 5.03. The number of nitrogens with zero attached hydrogens (tertiary/aromatic N) is 2. The summed E-state index contributed by atoms with van der Waals surface area (Å²) < 4.78 is 5.42. The van der Waals surface area contributed by atoms with E-state index >= 15 is 0 Å². The van der Waals surface area contributed by atoms with Gasteiger partial charge in [-0.1, -0.05) is 69.6 Å². The molecule has 0 atom stereocenters. The maximum Gasteiger partial charge on any atom is 0.224 e. The number of carbonyl (C=O) groups is 1. The minimum absolute atomic E-state index is 0.0242. The van der Waals surface area contributed by atoms with Gasteiger partial charge in [-0.3, -0.25) is 4.79 Å². The quantitative estimate of drug-likeness (QED) is 0.191. The molecule has 5 nitrogen and oxygen atoms in total. The van der Waals surface area contributed by atoms with E-state index in [0.29, 0.717) is 58.6 Å². The zero-order valence-electron chi connectivity index (χ0n) is 16.9. The molecule has 0 saturated heterocycles. The third-order valence-corrected chi connectivity index (χ3v) is 7.63. The predicted molar refractivity (Wildman–Crippen MR) is 148 cm³/mol. The molecule has 2 aromatic carbocycles. The van der Waals surface area contributed by atoms with Gasteiger partial charge in [0.15, 0.2) is 0 Å². The summed E-state index contributed by atoms with van der Waals surface area (Å²) in [7, 11) is 0. The van der Waals surface area contributed by atoms with Gasteiger partial charge in [-0.2, -0.15) is 12.6 Å². The summed E-state index contributed by atoms with van der Waals surface area (Å²) in [5.74, 6) is 0.626. The number of amides is 1. The Hall–Kier alpha value is -0.260. The molecule has 1 aromatic heterocycles. The van der Waals surface area contributed by atoms with Crippen LogP contribution in [0.5, 0.6) is 0 Å². The van der Waals surface area contributed by atoms with E-state index in [1.54, 1.807) is 36.7 Å². The van der Waals surface area contributed by atoms with E-state index in [-0.39, 0.29) is 5.91 Å². The number of hydrogen-bond donors (Lipinski definition) is 2. The molecule has 34 heavy (non-hydrogen) atoms. The maximum absolute atomic E-state index is 11.2. The molecule has 0 radical (unpaired) electrons.